The van der Waals surface area contributed by atoms with Gasteiger partial charge in [-0.05, 0) is 74.8 Å². The second-order valence-electron chi connectivity index (χ2n) is 8.65. The number of benzene rings is 2. The normalized spacial score (nSPS) is 17.2. The molecule has 0 spiro atoms. The summed E-state index contributed by atoms with van der Waals surface area (Å²) in [6.07, 6.45) is 0.0792. The molecule has 2 aromatic carbocycles. The van der Waals surface area contributed by atoms with E-state index in [9.17, 15) is 24.6 Å². The predicted octanol–water partition coefficient (Wildman–Crippen LogP) is 0.466. The van der Waals surface area contributed by atoms with Gasteiger partial charge < -0.3 is 20.8 Å². The van der Waals surface area contributed by atoms with Crippen molar-refractivity contribution in [2.24, 2.45) is 0 Å². The van der Waals surface area contributed by atoms with Gasteiger partial charge in [0.25, 0.3) is 11.8 Å². The van der Waals surface area contributed by atoms with E-state index in [0.717, 1.165) is 24.9 Å². The quantitative estimate of drug-likeness (QED) is 0.186. The minimum absolute atomic E-state index is 0.135. The molecule has 0 aromatic heterocycles. The molecule has 1 fully saturated rings. The van der Waals surface area contributed by atoms with Gasteiger partial charge in [0, 0.05) is 28.9 Å². The first kappa shape index (κ1) is 26.8. The highest BCUT2D eigenvalue weighted by atomic mass is 16.5. The number of nitrogens with zero attached hydrogens (tertiary/aromatic N) is 1. The minimum Gasteiger partial charge on any atom is -0.392 e. The number of hydrogen-bond donors (Lipinski definition) is 6. The van der Waals surface area contributed by atoms with Gasteiger partial charge in [-0.25, -0.2) is 5.48 Å². The topological polar surface area (TPSA) is 151 Å². The molecule has 0 radical (unpaired) electrons. The van der Waals surface area contributed by atoms with Crippen LogP contribution in [0.25, 0.3) is 0 Å². The number of hydrogen-bond acceptors (Lipinski definition) is 7. The minimum atomic E-state index is -1.30. The van der Waals surface area contributed by atoms with Gasteiger partial charge in [0.1, 0.15) is 6.04 Å². The highest BCUT2D eigenvalue weighted by molar-refractivity contribution is 5.97. The number of carbonyl (C=O) groups excluding carboxylic acids is 3. The van der Waals surface area contributed by atoms with Crippen molar-refractivity contribution in [2.45, 2.75) is 38.0 Å². The van der Waals surface area contributed by atoms with Gasteiger partial charge in [-0.15, -0.1) is 0 Å². The molecule has 1 aliphatic heterocycles. The van der Waals surface area contributed by atoms with Crippen molar-refractivity contribution in [3.05, 3.63) is 65.2 Å². The van der Waals surface area contributed by atoms with Crippen LogP contribution in [-0.4, -0.2) is 75.9 Å². The van der Waals surface area contributed by atoms with E-state index >= 15 is 0 Å². The predicted molar refractivity (Wildman–Crippen MR) is 132 cm³/mol. The van der Waals surface area contributed by atoms with Crippen LogP contribution >= 0.6 is 0 Å². The summed E-state index contributed by atoms with van der Waals surface area (Å²) in [5.41, 5.74) is 3.73. The molecule has 0 saturated carbocycles. The third kappa shape index (κ3) is 7.90. The Hall–Kier alpha value is -3.75. The summed E-state index contributed by atoms with van der Waals surface area (Å²) >= 11 is 0. The molecule has 1 aliphatic rings. The standard InChI is InChI=1S/C26H30N4O6/c1-17(31)24(26(35)29-36)28-25(34)20-10-6-18(7-11-20)4-5-19-8-12-21(13-9-19)27-23(33)16-30-14-2-3-22(32)15-30/h6-13,17,22,24,31-32,36H,2-3,14-16H2,1H3,(H,27,33)(H,28,34)(H,29,35). The number of amides is 3. The number of β-amino-alcohol motifs (C(OH)–C–C–N with tert-alkyl or cyclic N) is 1. The molecular formula is C26H30N4O6. The van der Waals surface area contributed by atoms with Crippen molar-refractivity contribution in [1.29, 1.82) is 0 Å². The van der Waals surface area contributed by atoms with E-state index in [0.29, 0.717) is 17.8 Å². The molecule has 3 rings (SSSR count). The SMILES string of the molecule is CC(O)C(NC(=O)c1ccc(C#Cc2ccc(NC(=O)CN3CCCC(O)C3)cc2)cc1)C(=O)NO. The number of carbonyl (C=O) groups is 3. The van der Waals surface area contributed by atoms with E-state index in [-0.39, 0.29) is 24.1 Å². The molecule has 10 heteroatoms. The van der Waals surface area contributed by atoms with E-state index < -0.39 is 24.0 Å². The summed E-state index contributed by atoms with van der Waals surface area (Å²) in [6.45, 7) is 2.87. The molecule has 0 aliphatic carbocycles. The van der Waals surface area contributed by atoms with Crippen molar-refractivity contribution in [2.75, 3.05) is 25.0 Å². The molecule has 190 valence electrons. The Labute approximate surface area is 209 Å². The number of piperidine rings is 1. The van der Waals surface area contributed by atoms with Crippen LogP contribution in [-0.2, 0) is 9.59 Å². The van der Waals surface area contributed by atoms with Gasteiger partial charge in [-0.2, -0.15) is 0 Å². The highest BCUT2D eigenvalue weighted by Crippen LogP contribution is 2.12. The lowest BCUT2D eigenvalue weighted by Crippen LogP contribution is -2.51. The fourth-order valence-corrected chi connectivity index (χ4v) is 3.76. The number of likely N-dealkylation sites (tertiary alicyclic amines) is 1. The van der Waals surface area contributed by atoms with Gasteiger partial charge in [-0.3, -0.25) is 24.5 Å². The Morgan fingerprint density at radius 1 is 1.06 bits per heavy atom. The van der Waals surface area contributed by atoms with Crippen LogP contribution in [0.15, 0.2) is 48.5 Å². The Bertz CT molecular complexity index is 1120. The number of aliphatic hydroxyl groups is 2. The number of anilines is 1. The molecule has 36 heavy (non-hydrogen) atoms. The van der Waals surface area contributed by atoms with Crippen molar-refractivity contribution in [3.8, 4) is 11.8 Å². The summed E-state index contributed by atoms with van der Waals surface area (Å²) in [6, 6.07) is 12.2. The van der Waals surface area contributed by atoms with Crippen LogP contribution in [0.1, 0.15) is 41.3 Å². The summed E-state index contributed by atoms with van der Waals surface area (Å²) < 4.78 is 0. The first-order valence-electron chi connectivity index (χ1n) is 11.6. The maximum atomic E-state index is 12.3. The van der Waals surface area contributed by atoms with Crippen molar-refractivity contribution < 1.29 is 29.8 Å². The van der Waals surface area contributed by atoms with Gasteiger partial charge >= 0.3 is 0 Å². The largest absolute Gasteiger partial charge is 0.392 e. The zero-order valence-electron chi connectivity index (χ0n) is 19.9. The zero-order chi connectivity index (χ0) is 26.1. The van der Waals surface area contributed by atoms with Crippen LogP contribution in [0.4, 0.5) is 5.69 Å². The molecule has 6 N–H and O–H groups in total. The monoisotopic (exact) mass is 494 g/mol. The van der Waals surface area contributed by atoms with Crippen molar-refractivity contribution >= 4 is 23.4 Å². The average Bonchev–Trinajstić information content (AvgIpc) is 2.86. The lowest BCUT2D eigenvalue weighted by molar-refractivity contribution is -0.133. The van der Waals surface area contributed by atoms with Crippen LogP contribution in [0, 0.1) is 11.8 Å². The lowest BCUT2D eigenvalue weighted by atomic mass is 10.1. The fraction of sp³-hybridized carbons (Fsp3) is 0.346. The van der Waals surface area contributed by atoms with Crippen LogP contribution in [0.5, 0.6) is 0 Å². The summed E-state index contributed by atoms with van der Waals surface area (Å²) in [4.78, 5) is 38.1. The lowest BCUT2D eigenvalue weighted by Gasteiger charge is -2.29. The molecule has 10 nitrogen and oxygen atoms in total. The number of nitrogens with one attached hydrogen (secondary N) is 3. The van der Waals surface area contributed by atoms with Gasteiger partial charge in [-0.1, -0.05) is 11.8 Å². The van der Waals surface area contributed by atoms with E-state index in [1.165, 1.54) is 24.5 Å². The van der Waals surface area contributed by atoms with E-state index in [1.807, 2.05) is 4.90 Å². The number of hydroxylamine groups is 1. The van der Waals surface area contributed by atoms with E-state index in [1.54, 1.807) is 36.4 Å². The molecule has 3 atom stereocenters. The first-order chi connectivity index (χ1) is 17.2. The third-order valence-electron chi connectivity index (χ3n) is 5.68. The molecular weight excluding hydrogens is 464 g/mol. The van der Waals surface area contributed by atoms with Crippen LogP contribution < -0.4 is 16.1 Å². The second kappa shape index (κ2) is 12.8. The molecule has 2 aromatic rings. The molecule has 0 bridgehead atoms. The average molecular weight is 495 g/mol. The Morgan fingerprint density at radius 3 is 2.22 bits per heavy atom. The highest BCUT2D eigenvalue weighted by Gasteiger charge is 2.25. The third-order valence-corrected chi connectivity index (χ3v) is 5.68. The maximum Gasteiger partial charge on any atom is 0.268 e. The Morgan fingerprint density at radius 2 is 1.67 bits per heavy atom. The number of aliphatic hydroxyl groups excluding tert-OH is 2. The smallest absolute Gasteiger partial charge is 0.268 e. The van der Waals surface area contributed by atoms with Gasteiger partial charge in [0.15, 0.2) is 0 Å². The Kier molecular flexibility index (Phi) is 9.55. The maximum absolute atomic E-state index is 12.3. The first-order valence-corrected chi connectivity index (χ1v) is 11.6. The van der Waals surface area contributed by atoms with Crippen molar-refractivity contribution in [1.82, 2.24) is 15.7 Å². The van der Waals surface area contributed by atoms with Crippen LogP contribution in [0.3, 0.4) is 0 Å². The van der Waals surface area contributed by atoms with Gasteiger partial charge in [0.2, 0.25) is 5.91 Å². The summed E-state index contributed by atoms with van der Waals surface area (Å²) in [5.74, 6) is 4.37. The zero-order valence-corrected chi connectivity index (χ0v) is 19.9. The van der Waals surface area contributed by atoms with E-state index in [2.05, 4.69) is 22.5 Å². The molecule has 1 saturated heterocycles. The molecule has 3 unspecified atom stereocenters. The molecule has 3 amide bonds. The summed E-state index contributed by atoms with van der Waals surface area (Å²) in [7, 11) is 0. The fourth-order valence-electron chi connectivity index (χ4n) is 3.76. The molecule has 1 heterocycles. The second-order valence-corrected chi connectivity index (χ2v) is 8.65. The van der Waals surface area contributed by atoms with E-state index in [4.69, 9.17) is 5.21 Å². The van der Waals surface area contributed by atoms with Gasteiger partial charge in [0.05, 0.1) is 18.8 Å². The number of rotatable bonds is 7. The van der Waals surface area contributed by atoms with Crippen molar-refractivity contribution in [3.63, 3.8) is 0 Å². The summed E-state index contributed by atoms with van der Waals surface area (Å²) in [5, 5.41) is 33.3. The Balaban J connectivity index is 1.54. The van der Waals surface area contributed by atoms with Crippen LogP contribution in [0.2, 0.25) is 0 Å².